The lowest BCUT2D eigenvalue weighted by atomic mass is 9.96. The Kier molecular flexibility index (Phi) is 4.78. The Balaban J connectivity index is 1.88. The van der Waals surface area contributed by atoms with Gasteiger partial charge < -0.3 is 9.80 Å². The van der Waals surface area contributed by atoms with E-state index in [0.717, 1.165) is 30.5 Å². The van der Waals surface area contributed by atoms with Crippen molar-refractivity contribution in [2.75, 3.05) is 38.6 Å². The minimum Gasteiger partial charge on any atom is -0.355 e. The van der Waals surface area contributed by atoms with Crippen molar-refractivity contribution in [3.05, 3.63) is 17.8 Å². The minimum atomic E-state index is 0.429. The molecule has 18 heavy (non-hydrogen) atoms. The number of aromatic nitrogens is 2. The molecule has 0 aliphatic carbocycles. The summed E-state index contributed by atoms with van der Waals surface area (Å²) >= 11 is 5.71. The van der Waals surface area contributed by atoms with Crippen LogP contribution in [0.25, 0.3) is 0 Å². The van der Waals surface area contributed by atoms with Crippen molar-refractivity contribution in [1.82, 2.24) is 15.1 Å². The molecule has 5 heteroatoms. The van der Waals surface area contributed by atoms with Gasteiger partial charge in [0, 0.05) is 19.6 Å². The van der Waals surface area contributed by atoms with Crippen molar-refractivity contribution in [3.8, 4) is 0 Å². The molecule has 1 aromatic rings. The third-order valence-electron chi connectivity index (χ3n) is 3.40. The first-order chi connectivity index (χ1) is 8.69. The maximum Gasteiger partial charge on any atom is 0.151 e. The lowest BCUT2D eigenvalue weighted by molar-refractivity contribution is 0.284. The van der Waals surface area contributed by atoms with Gasteiger partial charge in [0.2, 0.25) is 0 Å². The quantitative estimate of drug-likeness (QED) is 0.782. The summed E-state index contributed by atoms with van der Waals surface area (Å²) in [6, 6.07) is 3.98. The highest BCUT2D eigenvalue weighted by Gasteiger charge is 2.20. The fraction of sp³-hybridized carbons (Fsp3) is 0.692. The molecule has 1 aromatic heterocycles. The molecule has 4 nitrogen and oxygen atoms in total. The van der Waals surface area contributed by atoms with Gasteiger partial charge in [0.25, 0.3) is 0 Å². The van der Waals surface area contributed by atoms with E-state index in [4.69, 9.17) is 11.6 Å². The number of alkyl halides is 1. The largest absolute Gasteiger partial charge is 0.355 e. The van der Waals surface area contributed by atoms with Crippen LogP contribution < -0.4 is 4.90 Å². The van der Waals surface area contributed by atoms with Crippen molar-refractivity contribution < 1.29 is 0 Å². The summed E-state index contributed by atoms with van der Waals surface area (Å²) in [5.41, 5.74) is 0.836. The van der Waals surface area contributed by atoms with E-state index in [-0.39, 0.29) is 0 Å². The van der Waals surface area contributed by atoms with Gasteiger partial charge in [-0.3, -0.25) is 0 Å². The zero-order valence-electron chi connectivity index (χ0n) is 11.1. The molecule has 1 saturated heterocycles. The summed E-state index contributed by atoms with van der Waals surface area (Å²) < 4.78 is 0. The molecule has 0 bridgehead atoms. The van der Waals surface area contributed by atoms with Crippen LogP contribution >= 0.6 is 11.6 Å². The maximum absolute atomic E-state index is 5.71. The van der Waals surface area contributed by atoms with Crippen molar-refractivity contribution in [1.29, 1.82) is 0 Å². The normalized spacial score (nSPS) is 17.4. The molecule has 1 aliphatic rings. The predicted molar refractivity (Wildman–Crippen MR) is 75.1 cm³/mol. The van der Waals surface area contributed by atoms with Crippen LogP contribution in [-0.2, 0) is 5.88 Å². The average molecular weight is 269 g/mol. The lowest BCUT2D eigenvalue weighted by Crippen LogP contribution is -2.37. The SMILES string of the molecule is CN(C)CC1CCN(c2ccc(CCl)nn2)CC1. The van der Waals surface area contributed by atoms with Crippen molar-refractivity contribution in [2.45, 2.75) is 18.7 Å². The molecule has 0 radical (unpaired) electrons. The fourth-order valence-electron chi connectivity index (χ4n) is 2.45. The van der Waals surface area contributed by atoms with Crippen molar-refractivity contribution in [2.24, 2.45) is 5.92 Å². The standard InChI is InChI=1S/C13H21ClN4/c1-17(2)10-11-5-7-18(8-6-11)13-4-3-12(9-14)15-16-13/h3-4,11H,5-10H2,1-2H3. The maximum atomic E-state index is 5.71. The monoisotopic (exact) mass is 268 g/mol. The van der Waals surface area contributed by atoms with Crippen LogP contribution in [0.15, 0.2) is 12.1 Å². The highest BCUT2D eigenvalue weighted by molar-refractivity contribution is 6.16. The number of anilines is 1. The molecule has 0 atom stereocenters. The summed E-state index contributed by atoms with van der Waals surface area (Å²) in [5, 5.41) is 8.35. The van der Waals surface area contributed by atoms with E-state index >= 15 is 0 Å². The predicted octanol–water partition coefficient (Wildman–Crippen LogP) is 1.99. The third kappa shape index (κ3) is 3.56. The Labute approximate surface area is 114 Å². The molecule has 0 aromatic carbocycles. The van der Waals surface area contributed by atoms with Crippen molar-refractivity contribution >= 4 is 17.4 Å². The molecule has 0 spiro atoms. The molecule has 0 N–H and O–H groups in total. The van der Waals surface area contributed by atoms with Gasteiger partial charge in [0.1, 0.15) is 0 Å². The molecular formula is C13H21ClN4. The lowest BCUT2D eigenvalue weighted by Gasteiger charge is -2.33. The Hall–Kier alpha value is -0.870. The van der Waals surface area contributed by atoms with Crippen LogP contribution in [0.4, 0.5) is 5.82 Å². The number of hydrogen-bond donors (Lipinski definition) is 0. The van der Waals surface area contributed by atoms with E-state index in [1.165, 1.54) is 19.4 Å². The van der Waals surface area contributed by atoms with Gasteiger partial charge in [0.05, 0.1) is 11.6 Å². The van der Waals surface area contributed by atoms with E-state index in [2.05, 4.69) is 34.1 Å². The Bertz CT molecular complexity index is 358. The molecule has 1 aliphatic heterocycles. The summed E-state index contributed by atoms with van der Waals surface area (Å²) in [6.45, 7) is 3.34. The van der Waals surface area contributed by atoms with Crippen molar-refractivity contribution in [3.63, 3.8) is 0 Å². The number of rotatable bonds is 4. The van der Waals surface area contributed by atoms with Gasteiger partial charge in [-0.1, -0.05) is 0 Å². The number of nitrogens with zero attached hydrogens (tertiary/aromatic N) is 4. The fourth-order valence-corrected chi connectivity index (χ4v) is 2.60. The van der Waals surface area contributed by atoms with Crippen LogP contribution in [0, 0.1) is 5.92 Å². The van der Waals surface area contributed by atoms with E-state index in [0.29, 0.717) is 5.88 Å². The Morgan fingerprint density at radius 2 is 2.00 bits per heavy atom. The minimum absolute atomic E-state index is 0.429. The van der Waals surface area contributed by atoms with Gasteiger partial charge in [-0.25, -0.2) is 0 Å². The molecule has 100 valence electrons. The van der Waals surface area contributed by atoms with Crippen LogP contribution in [-0.4, -0.2) is 48.8 Å². The van der Waals surface area contributed by atoms with E-state index < -0.39 is 0 Å². The van der Waals surface area contributed by atoms with E-state index in [1.807, 2.05) is 12.1 Å². The van der Waals surface area contributed by atoms with Crippen LogP contribution in [0.2, 0.25) is 0 Å². The zero-order chi connectivity index (χ0) is 13.0. The Morgan fingerprint density at radius 3 is 2.50 bits per heavy atom. The third-order valence-corrected chi connectivity index (χ3v) is 3.68. The molecule has 0 unspecified atom stereocenters. The van der Waals surface area contributed by atoms with Crippen LogP contribution in [0.1, 0.15) is 18.5 Å². The molecule has 0 saturated carbocycles. The van der Waals surface area contributed by atoms with E-state index in [1.54, 1.807) is 0 Å². The summed E-state index contributed by atoms with van der Waals surface area (Å²) in [5.74, 6) is 2.22. The second kappa shape index (κ2) is 6.34. The first-order valence-electron chi connectivity index (χ1n) is 6.47. The van der Waals surface area contributed by atoms with E-state index in [9.17, 15) is 0 Å². The average Bonchev–Trinajstić information content (AvgIpc) is 2.39. The summed E-state index contributed by atoms with van der Waals surface area (Å²) in [6.07, 6.45) is 2.47. The highest BCUT2D eigenvalue weighted by Crippen LogP contribution is 2.21. The summed E-state index contributed by atoms with van der Waals surface area (Å²) in [4.78, 5) is 4.59. The molecule has 0 amide bonds. The van der Waals surface area contributed by atoms with Gasteiger partial charge in [-0.2, -0.15) is 5.10 Å². The number of piperidine rings is 1. The molecule has 1 fully saturated rings. The smallest absolute Gasteiger partial charge is 0.151 e. The Morgan fingerprint density at radius 1 is 1.28 bits per heavy atom. The first-order valence-corrected chi connectivity index (χ1v) is 7.00. The highest BCUT2D eigenvalue weighted by atomic mass is 35.5. The first kappa shape index (κ1) is 13.6. The number of hydrogen-bond acceptors (Lipinski definition) is 4. The number of halogens is 1. The summed E-state index contributed by atoms with van der Waals surface area (Å²) in [7, 11) is 4.28. The molecule has 2 rings (SSSR count). The van der Waals surface area contributed by atoms with Gasteiger partial charge in [-0.15, -0.1) is 16.7 Å². The topological polar surface area (TPSA) is 32.3 Å². The van der Waals surface area contributed by atoms with Gasteiger partial charge >= 0.3 is 0 Å². The molecular weight excluding hydrogens is 248 g/mol. The van der Waals surface area contributed by atoms with Crippen LogP contribution in [0.5, 0.6) is 0 Å². The van der Waals surface area contributed by atoms with Gasteiger partial charge in [-0.05, 0) is 45.0 Å². The second-order valence-corrected chi connectivity index (χ2v) is 5.48. The van der Waals surface area contributed by atoms with Gasteiger partial charge in [0.15, 0.2) is 5.82 Å². The second-order valence-electron chi connectivity index (χ2n) is 5.21. The zero-order valence-corrected chi connectivity index (χ0v) is 11.9. The molecule has 2 heterocycles. The van der Waals surface area contributed by atoms with Crippen LogP contribution in [0.3, 0.4) is 0 Å².